The summed E-state index contributed by atoms with van der Waals surface area (Å²) in [5, 5.41) is 0. The highest BCUT2D eigenvalue weighted by molar-refractivity contribution is 9.09. The lowest BCUT2D eigenvalue weighted by atomic mass is 10.0. The lowest BCUT2D eigenvalue weighted by molar-refractivity contribution is -0.120. The second-order valence-corrected chi connectivity index (χ2v) is 4.84. The second kappa shape index (κ2) is 4.80. The van der Waals surface area contributed by atoms with Gasteiger partial charge in [0.15, 0.2) is 0 Å². The van der Waals surface area contributed by atoms with E-state index in [0.717, 1.165) is 25.7 Å². The number of carbonyl (C=O) groups is 1. The van der Waals surface area contributed by atoms with Crippen LogP contribution in [0.15, 0.2) is 12.2 Å². The molecule has 1 aliphatic carbocycles. The highest BCUT2D eigenvalue weighted by Gasteiger charge is 2.22. The monoisotopic (exact) mass is 230 g/mol. The number of ketones is 1. The van der Waals surface area contributed by atoms with Crippen LogP contribution in [0.25, 0.3) is 0 Å². The molecule has 0 aromatic carbocycles. The van der Waals surface area contributed by atoms with Gasteiger partial charge < -0.3 is 0 Å². The summed E-state index contributed by atoms with van der Waals surface area (Å²) in [6.07, 6.45) is 8.16. The van der Waals surface area contributed by atoms with E-state index in [1.807, 2.05) is 0 Å². The summed E-state index contributed by atoms with van der Waals surface area (Å²) in [5.41, 5.74) is 0. The second-order valence-electron chi connectivity index (χ2n) is 3.40. The molecule has 12 heavy (non-hydrogen) atoms. The Bertz CT molecular complexity index is 184. The lowest BCUT2D eigenvalue weighted by Crippen LogP contribution is -2.04. The van der Waals surface area contributed by atoms with Crippen LogP contribution in [0.2, 0.25) is 0 Å². The third-order valence-electron chi connectivity index (χ3n) is 2.25. The summed E-state index contributed by atoms with van der Waals surface area (Å²) in [5.74, 6) is 0.786. The zero-order valence-corrected chi connectivity index (χ0v) is 9.01. The molecule has 1 aliphatic rings. The number of halogens is 1. The van der Waals surface area contributed by atoms with Crippen molar-refractivity contribution in [3.63, 3.8) is 0 Å². The predicted octanol–water partition coefficient (Wildman–Crippen LogP) is 3.09. The maximum atomic E-state index is 11.2. The SMILES string of the molecule is CC(Br)/C=C/CC1CCCC1=O. The summed E-state index contributed by atoms with van der Waals surface area (Å²) in [6.45, 7) is 2.08. The normalized spacial score (nSPS) is 26.8. The first-order chi connectivity index (χ1) is 5.70. The summed E-state index contributed by atoms with van der Waals surface area (Å²) in [4.78, 5) is 11.6. The number of allylic oxidation sites excluding steroid dienone is 2. The molecule has 0 spiro atoms. The first-order valence-electron chi connectivity index (χ1n) is 4.53. The number of Topliss-reactive ketones (excluding diaryl/α,β-unsaturated/α-hetero) is 1. The van der Waals surface area contributed by atoms with Crippen molar-refractivity contribution < 1.29 is 4.79 Å². The number of carbonyl (C=O) groups excluding carboxylic acids is 1. The number of hydrogen-bond donors (Lipinski definition) is 0. The fourth-order valence-corrected chi connectivity index (χ4v) is 1.78. The Morgan fingerprint density at radius 2 is 2.50 bits per heavy atom. The average molecular weight is 231 g/mol. The number of rotatable bonds is 3. The molecule has 2 atom stereocenters. The average Bonchev–Trinajstić information content (AvgIpc) is 2.36. The van der Waals surface area contributed by atoms with E-state index in [2.05, 4.69) is 35.0 Å². The molecule has 0 aromatic heterocycles. The maximum Gasteiger partial charge on any atom is 0.136 e. The van der Waals surface area contributed by atoms with E-state index < -0.39 is 0 Å². The first kappa shape index (κ1) is 9.97. The molecule has 0 N–H and O–H groups in total. The van der Waals surface area contributed by atoms with Crippen molar-refractivity contribution in [1.82, 2.24) is 0 Å². The van der Waals surface area contributed by atoms with Crippen molar-refractivity contribution in [2.24, 2.45) is 5.92 Å². The van der Waals surface area contributed by atoms with E-state index in [1.165, 1.54) is 0 Å². The van der Waals surface area contributed by atoms with E-state index in [1.54, 1.807) is 0 Å². The zero-order valence-electron chi connectivity index (χ0n) is 7.42. The highest BCUT2D eigenvalue weighted by atomic mass is 79.9. The van der Waals surface area contributed by atoms with Crippen LogP contribution in [0, 0.1) is 5.92 Å². The van der Waals surface area contributed by atoms with E-state index in [9.17, 15) is 4.79 Å². The largest absolute Gasteiger partial charge is 0.299 e. The van der Waals surface area contributed by atoms with Gasteiger partial charge in [-0.3, -0.25) is 4.79 Å². The third-order valence-corrected chi connectivity index (χ3v) is 2.56. The van der Waals surface area contributed by atoms with Gasteiger partial charge in [0.25, 0.3) is 0 Å². The number of hydrogen-bond acceptors (Lipinski definition) is 1. The van der Waals surface area contributed by atoms with Crippen LogP contribution in [0.1, 0.15) is 32.6 Å². The molecule has 0 aromatic rings. The van der Waals surface area contributed by atoms with E-state index in [4.69, 9.17) is 0 Å². The molecule has 1 rings (SSSR count). The van der Waals surface area contributed by atoms with Gasteiger partial charge in [0.2, 0.25) is 0 Å². The molecular formula is C10H15BrO. The van der Waals surface area contributed by atoms with Gasteiger partial charge in [-0.2, -0.15) is 0 Å². The molecule has 2 heteroatoms. The van der Waals surface area contributed by atoms with Gasteiger partial charge in [0, 0.05) is 17.2 Å². The molecule has 0 amide bonds. The van der Waals surface area contributed by atoms with Gasteiger partial charge in [-0.15, -0.1) is 0 Å². The molecule has 0 aliphatic heterocycles. The zero-order chi connectivity index (χ0) is 8.97. The molecule has 2 unspecified atom stereocenters. The van der Waals surface area contributed by atoms with Crippen LogP contribution >= 0.6 is 15.9 Å². The van der Waals surface area contributed by atoms with Gasteiger partial charge >= 0.3 is 0 Å². The Balaban J connectivity index is 2.27. The number of alkyl halides is 1. The van der Waals surface area contributed by atoms with Crippen LogP contribution in [0.4, 0.5) is 0 Å². The van der Waals surface area contributed by atoms with Crippen molar-refractivity contribution >= 4 is 21.7 Å². The van der Waals surface area contributed by atoms with Gasteiger partial charge in [0.05, 0.1) is 0 Å². The quantitative estimate of drug-likeness (QED) is 0.538. The Labute approximate surface area is 82.4 Å². The molecular weight excluding hydrogens is 216 g/mol. The molecule has 0 heterocycles. The Morgan fingerprint density at radius 3 is 3.00 bits per heavy atom. The highest BCUT2D eigenvalue weighted by Crippen LogP contribution is 2.24. The molecule has 1 nitrogen and oxygen atoms in total. The maximum absolute atomic E-state index is 11.2. The molecule has 0 bridgehead atoms. The minimum Gasteiger partial charge on any atom is -0.299 e. The van der Waals surface area contributed by atoms with Gasteiger partial charge in [0.1, 0.15) is 5.78 Å². The summed E-state index contributed by atoms with van der Waals surface area (Å²) < 4.78 is 0. The van der Waals surface area contributed by atoms with E-state index >= 15 is 0 Å². The predicted molar refractivity (Wildman–Crippen MR) is 54.5 cm³/mol. The molecule has 1 fully saturated rings. The summed E-state index contributed by atoms with van der Waals surface area (Å²) >= 11 is 3.43. The summed E-state index contributed by atoms with van der Waals surface area (Å²) in [6, 6.07) is 0. The van der Waals surface area contributed by atoms with Crippen LogP contribution in [0.3, 0.4) is 0 Å². The standard InChI is InChI=1S/C10H15BrO/c1-8(11)4-2-5-9-6-3-7-10(9)12/h2,4,8-9H,3,5-7H2,1H3/b4-2+. The fourth-order valence-electron chi connectivity index (χ4n) is 1.57. The van der Waals surface area contributed by atoms with Crippen LogP contribution < -0.4 is 0 Å². The topological polar surface area (TPSA) is 17.1 Å². The van der Waals surface area contributed by atoms with Crippen molar-refractivity contribution in [2.45, 2.75) is 37.4 Å². The van der Waals surface area contributed by atoms with E-state index in [-0.39, 0.29) is 0 Å². The minimum absolute atomic E-state index is 0.326. The van der Waals surface area contributed by atoms with Crippen LogP contribution in [-0.2, 0) is 4.79 Å². The van der Waals surface area contributed by atoms with Crippen molar-refractivity contribution in [3.05, 3.63) is 12.2 Å². The van der Waals surface area contributed by atoms with Crippen LogP contribution in [0.5, 0.6) is 0 Å². The molecule has 1 saturated carbocycles. The smallest absolute Gasteiger partial charge is 0.136 e. The first-order valence-corrected chi connectivity index (χ1v) is 5.45. The minimum atomic E-state index is 0.326. The Morgan fingerprint density at radius 1 is 1.75 bits per heavy atom. The van der Waals surface area contributed by atoms with Crippen molar-refractivity contribution in [2.75, 3.05) is 0 Å². The lowest BCUT2D eigenvalue weighted by Gasteiger charge is -2.02. The van der Waals surface area contributed by atoms with Gasteiger partial charge in [-0.25, -0.2) is 0 Å². The van der Waals surface area contributed by atoms with Gasteiger partial charge in [-0.05, 0) is 26.2 Å². The summed E-state index contributed by atoms with van der Waals surface area (Å²) in [7, 11) is 0. The molecule has 0 radical (unpaired) electrons. The van der Waals surface area contributed by atoms with Crippen molar-refractivity contribution in [3.8, 4) is 0 Å². The van der Waals surface area contributed by atoms with E-state index in [0.29, 0.717) is 16.5 Å². The Kier molecular flexibility index (Phi) is 3.99. The molecule has 0 saturated heterocycles. The molecule has 68 valence electrons. The van der Waals surface area contributed by atoms with Crippen LogP contribution in [-0.4, -0.2) is 10.6 Å². The fraction of sp³-hybridized carbons (Fsp3) is 0.700. The van der Waals surface area contributed by atoms with Gasteiger partial charge in [-0.1, -0.05) is 28.1 Å². The Hall–Kier alpha value is -0.110. The third kappa shape index (κ3) is 3.10. The van der Waals surface area contributed by atoms with Crippen molar-refractivity contribution in [1.29, 1.82) is 0 Å².